The van der Waals surface area contributed by atoms with Gasteiger partial charge in [-0.3, -0.25) is 9.52 Å². The van der Waals surface area contributed by atoms with Crippen LogP contribution in [0.5, 0.6) is 0 Å². The van der Waals surface area contributed by atoms with Gasteiger partial charge in [0, 0.05) is 12.6 Å². The van der Waals surface area contributed by atoms with Gasteiger partial charge >= 0.3 is 0 Å². The summed E-state index contributed by atoms with van der Waals surface area (Å²) >= 11 is 0. The smallest absolute Gasteiger partial charge is 0.253 e. The van der Waals surface area contributed by atoms with Crippen LogP contribution in [0.4, 0.5) is 5.69 Å². The molecule has 2 rings (SSSR count). The highest BCUT2D eigenvalue weighted by molar-refractivity contribution is 7.92. The van der Waals surface area contributed by atoms with E-state index in [-0.39, 0.29) is 18.3 Å². The minimum atomic E-state index is -3.41. The van der Waals surface area contributed by atoms with E-state index in [0.29, 0.717) is 23.8 Å². The zero-order chi connectivity index (χ0) is 14.6. The molecule has 1 aromatic carbocycles. The van der Waals surface area contributed by atoms with Gasteiger partial charge in [-0.15, -0.1) is 12.4 Å². The van der Waals surface area contributed by atoms with Crippen molar-refractivity contribution >= 4 is 34.0 Å². The number of carbonyl (C=O) groups is 1. The van der Waals surface area contributed by atoms with Gasteiger partial charge in [0.05, 0.1) is 17.5 Å². The molecule has 21 heavy (non-hydrogen) atoms. The standard InChI is InChI=1S/C13H19N3O3S.ClH/c1-20(18,19)16-12-7-3-2-6-11(12)13(17)15-9-10-5-4-8-14-10;/h2-3,6-7,10,14,16H,4-5,8-9H2,1H3,(H,15,17);1H. The Labute approximate surface area is 131 Å². The molecule has 0 aliphatic carbocycles. The lowest BCUT2D eigenvalue weighted by Crippen LogP contribution is -2.37. The van der Waals surface area contributed by atoms with Crippen molar-refractivity contribution in [1.29, 1.82) is 0 Å². The molecule has 0 saturated carbocycles. The Hall–Kier alpha value is -1.31. The molecule has 1 fully saturated rings. The molecule has 1 amide bonds. The number of hydrogen-bond acceptors (Lipinski definition) is 4. The van der Waals surface area contributed by atoms with Gasteiger partial charge in [-0.05, 0) is 31.5 Å². The van der Waals surface area contributed by atoms with Crippen LogP contribution in [0.2, 0.25) is 0 Å². The molecule has 1 aliphatic rings. The highest BCUT2D eigenvalue weighted by Gasteiger charge is 2.17. The first-order valence-electron chi connectivity index (χ1n) is 6.54. The summed E-state index contributed by atoms with van der Waals surface area (Å²) in [7, 11) is -3.41. The number of para-hydroxylation sites is 1. The van der Waals surface area contributed by atoms with Gasteiger partial charge in [0.2, 0.25) is 10.0 Å². The third-order valence-corrected chi connectivity index (χ3v) is 3.73. The van der Waals surface area contributed by atoms with E-state index >= 15 is 0 Å². The lowest BCUT2D eigenvalue weighted by atomic mass is 10.1. The maximum absolute atomic E-state index is 12.1. The zero-order valence-electron chi connectivity index (χ0n) is 11.8. The molecular formula is C13H20ClN3O3S. The molecular weight excluding hydrogens is 314 g/mol. The molecule has 0 aromatic heterocycles. The molecule has 8 heteroatoms. The number of amides is 1. The second-order valence-electron chi connectivity index (χ2n) is 4.92. The highest BCUT2D eigenvalue weighted by Crippen LogP contribution is 2.16. The Bertz CT molecular complexity index is 586. The number of sulfonamides is 1. The fraction of sp³-hybridized carbons (Fsp3) is 0.462. The van der Waals surface area contributed by atoms with Gasteiger partial charge in [-0.1, -0.05) is 12.1 Å². The molecule has 1 saturated heterocycles. The Balaban J connectivity index is 0.00000220. The first-order chi connectivity index (χ1) is 9.46. The van der Waals surface area contributed by atoms with Crippen LogP contribution in [0.15, 0.2) is 24.3 Å². The third kappa shape index (κ3) is 5.53. The van der Waals surface area contributed by atoms with Crippen molar-refractivity contribution in [3.63, 3.8) is 0 Å². The first-order valence-corrected chi connectivity index (χ1v) is 8.43. The first kappa shape index (κ1) is 17.7. The molecule has 0 bridgehead atoms. The Morgan fingerprint density at radius 1 is 1.38 bits per heavy atom. The Morgan fingerprint density at radius 2 is 2.10 bits per heavy atom. The lowest BCUT2D eigenvalue weighted by Gasteiger charge is -2.14. The van der Waals surface area contributed by atoms with Crippen molar-refractivity contribution < 1.29 is 13.2 Å². The van der Waals surface area contributed by atoms with Gasteiger partial charge in [-0.2, -0.15) is 0 Å². The van der Waals surface area contributed by atoms with E-state index in [1.165, 1.54) is 0 Å². The van der Waals surface area contributed by atoms with Crippen molar-refractivity contribution in [3.05, 3.63) is 29.8 Å². The van der Waals surface area contributed by atoms with Crippen molar-refractivity contribution in [2.24, 2.45) is 0 Å². The second kappa shape index (κ2) is 7.63. The number of carbonyl (C=O) groups excluding carboxylic acids is 1. The van der Waals surface area contributed by atoms with Crippen LogP contribution in [0.25, 0.3) is 0 Å². The summed E-state index contributed by atoms with van der Waals surface area (Å²) < 4.78 is 24.9. The van der Waals surface area contributed by atoms with Crippen molar-refractivity contribution in [2.75, 3.05) is 24.1 Å². The highest BCUT2D eigenvalue weighted by atomic mass is 35.5. The number of anilines is 1. The zero-order valence-corrected chi connectivity index (χ0v) is 13.4. The van der Waals surface area contributed by atoms with E-state index in [1.807, 2.05) is 0 Å². The fourth-order valence-electron chi connectivity index (χ4n) is 2.21. The maximum Gasteiger partial charge on any atom is 0.253 e. The predicted octanol–water partition coefficient (Wildman–Crippen LogP) is 0.962. The van der Waals surface area contributed by atoms with Gasteiger partial charge in [-0.25, -0.2) is 8.42 Å². The number of nitrogens with one attached hydrogen (secondary N) is 3. The SMILES string of the molecule is CS(=O)(=O)Nc1ccccc1C(=O)NCC1CCCN1.Cl. The summed E-state index contributed by atoms with van der Waals surface area (Å²) in [6, 6.07) is 6.86. The minimum Gasteiger partial charge on any atom is -0.350 e. The Kier molecular flexibility index (Phi) is 6.44. The minimum absolute atomic E-state index is 0. The summed E-state index contributed by atoms with van der Waals surface area (Å²) in [6.45, 7) is 1.53. The number of hydrogen-bond donors (Lipinski definition) is 3. The molecule has 0 radical (unpaired) electrons. The lowest BCUT2D eigenvalue weighted by molar-refractivity contribution is 0.0951. The fourth-order valence-corrected chi connectivity index (χ4v) is 2.79. The third-order valence-electron chi connectivity index (χ3n) is 3.14. The van der Waals surface area contributed by atoms with Crippen molar-refractivity contribution in [1.82, 2.24) is 10.6 Å². The molecule has 0 spiro atoms. The Morgan fingerprint density at radius 3 is 2.71 bits per heavy atom. The van der Waals surface area contributed by atoms with E-state index < -0.39 is 10.0 Å². The van der Waals surface area contributed by atoms with Crippen LogP contribution in [-0.2, 0) is 10.0 Å². The topological polar surface area (TPSA) is 87.3 Å². The molecule has 1 aromatic rings. The molecule has 118 valence electrons. The largest absolute Gasteiger partial charge is 0.350 e. The number of rotatable bonds is 5. The van der Waals surface area contributed by atoms with E-state index in [2.05, 4.69) is 15.4 Å². The quantitative estimate of drug-likeness (QED) is 0.749. The summed E-state index contributed by atoms with van der Waals surface area (Å²) in [4.78, 5) is 12.1. The number of benzene rings is 1. The number of halogens is 1. The van der Waals surface area contributed by atoms with Crippen LogP contribution in [0.1, 0.15) is 23.2 Å². The predicted molar refractivity (Wildman–Crippen MR) is 85.5 cm³/mol. The monoisotopic (exact) mass is 333 g/mol. The second-order valence-corrected chi connectivity index (χ2v) is 6.67. The van der Waals surface area contributed by atoms with Gasteiger partial charge in [0.25, 0.3) is 5.91 Å². The van der Waals surface area contributed by atoms with E-state index in [0.717, 1.165) is 25.6 Å². The van der Waals surface area contributed by atoms with Crippen molar-refractivity contribution in [3.8, 4) is 0 Å². The van der Waals surface area contributed by atoms with Crippen LogP contribution in [0, 0.1) is 0 Å². The molecule has 3 N–H and O–H groups in total. The van der Waals surface area contributed by atoms with E-state index in [4.69, 9.17) is 0 Å². The molecule has 1 atom stereocenters. The average molecular weight is 334 g/mol. The van der Waals surface area contributed by atoms with Crippen LogP contribution >= 0.6 is 12.4 Å². The average Bonchev–Trinajstić information content (AvgIpc) is 2.88. The van der Waals surface area contributed by atoms with Gasteiger partial charge < -0.3 is 10.6 Å². The van der Waals surface area contributed by atoms with Crippen LogP contribution in [0.3, 0.4) is 0 Å². The summed E-state index contributed by atoms with van der Waals surface area (Å²) in [5.74, 6) is -0.273. The molecule has 1 heterocycles. The summed E-state index contributed by atoms with van der Waals surface area (Å²) in [5.41, 5.74) is 0.628. The van der Waals surface area contributed by atoms with Crippen LogP contribution in [-0.4, -0.2) is 39.7 Å². The summed E-state index contributed by atoms with van der Waals surface area (Å²) in [6.07, 6.45) is 3.22. The molecule has 6 nitrogen and oxygen atoms in total. The van der Waals surface area contributed by atoms with Crippen molar-refractivity contribution in [2.45, 2.75) is 18.9 Å². The molecule has 1 unspecified atom stereocenters. The summed E-state index contributed by atoms with van der Waals surface area (Å²) in [5, 5.41) is 6.12. The maximum atomic E-state index is 12.1. The van der Waals surface area contributed by atoms with Gasteiger partial charge in [0.15, 0.2) is 0 Å². The van der Waals surface area contributed by atoms with Crippen LogP contribution < -0.4 is 15.4 Å². The van der Waals surface area contributed by atoms with Gasteiger partial charge in [0.1, 0.15) is 0 Å². The molecule has 1 aliphatic heterocycles. The van der Waals surface area contributed by atoms with E-state index in [9.17, 15) is 13.2 Å². The van der Waals surface area contributed by atoms with E-state index in [1.54, 1.807) is 24.3 Å². The normalized spacial score (nSPS) is 17.9.